The summed E-state index contributed by atoms with van der Waals surface area (Å²) in [5.41, 5.74) is 2.52. The molecule has 0 saturated carbocycles. The van der Waals surface area contributed by atoms with Crippen LogP contribution in [0.15, 0.2) is 53.4 Å². The van der Waals surface area contributed by atoms with Crippen LogP contribution in [0.3, 0.4) is 0 Å². The second-order valence-corrected chi connectivity index (χ2v) is 6.22. The van der Waals surface area contributed by atoms with E-state index in [0.29, 0.717) is 4.90 Å². The first-order valence-electron chi connectivity index (χ1n) is 7.38. The van der Waals surface area contributed by atoms with E-state index in [1.54, 1.807) is 17.8 Å². The van der Waals surface area contributed by atoms with Gasteiger partial charge in [0.05, 0.1) is 0 Å². The van der Waals surface area contributed by atoms with E-state index < -0.39 is 0 Å². The molecular weight excluding hydrogens is 281 g/mol. The third-order valence-corrected chi connectivity index (χ3v) is 4.50. The summed E-state index contributed by atoms with van der Waals surface area (Å²) in [6.07, 6.45) is 1.09. The first-order chi connectivity index (χ1) is 10.2. The van der Waals surface area contributed by atoms with Gasteiger partial charge in [0, 0.05) is 16.7 Å². The van der Waals surface area contributed by atoms with Crippen molar-refractivity contribution in [2.45, 2.75) is 31.2 Å². The molecule has 0 aromatic heterocycles. The summed E-state index contributed by atoms with van der Waals surface area (Å²) < 4.78 is 13.7. The van der Waals surface area contributed by atoms with Gasteiger partial charge in [-0.2, -0.15) is 0 Å². The molecule has 2 rings (SSSR count). The van der Waals surface area contributed by atoms with Gasteiger partial charge in [0.2, 0.25) is 0 Å². The standard InChI is InChI=1S/C18H22FNS/c1-3-12-20-17(15-10-8-14(2)9-11-15)13-21-18-7-5-4-6-16(18)19/h4-11,17,20H,3,12-13H2,1-2H3. The van der Waals surface area contributed by atoms with Crippen LogP contribution in [0.5, 0.6) is 0 Å². The van der Waals surface area contributed by atoms with Crippen molar-refractivity contribution in [3.05, 3.63) is 65.5 Å². The van der Waals surface area contributed by atoms with Crippen LogP contribution in [-0.2, 0) is 0 Å². The summed E-state index contributed by atoms with van der Waals surface area (Å²) in [5, 5.41) is 3.55. The zero-order valence-corrected chi connectivity index (χ0v) is 13.4. The molecule has 0 aliphatic carbocycles. The Morgan fingerprint density at radius 3 is 2.48 bits per heavy atom. The van der Waals surface area contributed by atoms with E-state index in [1.807, 2.05) is 12.1 Å². The predicted octanol–water partition coefficient (Wildman–Crippen LogP) is 4.97. The van der Waals surface area contributed by atoms with Crippen molar-refractivity contribution in [3.8, 4) is 0 Å². The normalized spacial score (nSPS) is 12.3. The second-order valence-electron chi connectivity index (χ2n) is 5.16. The van der Waals surface area contributed by atoms with Gasteiger partial charge in [-0.15, -0.1) is 11.8 Å². The average molecular weight is 303 g/mol. The van der Waals surface area contributed by atoms with E-state index in [9.17, 15) is 4.39 Å². The van der Waals surface area contributed by atoms with Gasteiger partial charge in [-0.3, -0.25) is 0 Å². The number of rotatable bonds is 7. The van der Waals surface area contributed by atoms with Crippen molar-refractivity contribution >= 4 is 11.8 Å². The van der Waals surface area contributed by atoms with E-state index in [1.165, 1.54) is 17.2 Å². The van der Waals surface area contributed by atoms with E-state index in [4.69, 9.17) is 0 Å². The lowest BCUT2D eigenvalue weighted by molar-refractivity contribution is 0.575. The maximum Gasteiger partial charge on any atom is 0.136 e. The summed E-state index contributed by atoms with van der Waals surface area (Å²) in [7, 11) is 0. The van der Waals surface area contributed by atoms with Crippen LogP contribution in [0.2, 0.25) is 0 Å². The molecular formula is C18H22FNS. The van der Waals surface area contributed by atoms with Crippen LogP contribution in [0.1, 0.15) is 30.5 Å². The van der Waals surface area contributed by atoms with Crippen LogP contribution >= 0.6 is 11.8 Å². The highest BCUT2D eigenvalue weighted by molar-refractivity contribution is 7.99. The minimum Gasteiger partial charge on any atom is -0.309 e. The van der Waals surface area contributed by atoms with E-state index in [-0.39, 0.29) is 11.9 Å². The number of thioether (sulfide) groups is 1. The summed E-state index contributed by atoms with van der Waals surface area (Å²) in [5.74, 6) is 0.685. The molecule has 0 saturated heterocycles. The third-order valence-electron chi connectivity index (χ3n) is 3.36. The lowest BCUT2D eigenvalue weighted by Crippen LogP contribution is -2.24. The minimum atomic E-state index is -0.138. The van der Waals surface area contributed by atoms with E-state index in [2.05, 4.69) is 43.4 Å². The summed E-state index contributed by atoms with van der Waals surface area (Å²) in [6, 6.07) is 15.8. The SMILES string of the molecule is CCCNC(CSc1ccccc1F)c1ccc(C)cc1. The molecule has 2 aromatic carbocycles. The highest BCUT2D eigenvalue weighted by Crippen LogP contribution is 2.27. The Morgan fingerprint density at radius 2 is 1.81 bits per heavy atom. The largest absolute Gasteiger partial charge is 0.309 e. The van der Waals surface area contributed by atoms with Gasteiger partial charge in [0.25, 0.3) is 0 Å². The van der Waals surface area contributed by atoms with Crippen LogP contribution in [-0.4, -0.2) is 12.3 Å². The average Bonchev–Trinajstić information content (AvgIpc) is 2.50. The minimum absolute atomic E-state index is 0.138. The highest BCUT2D eigenvalue weighted by atomic mass is 32.2. The van der Waals surface area contributed by atoms with E-state index >= 15 is 0 Å². The first-order valence-corrected chi connectivity index (χ1v) is 8.36. The van der Waals surface area contributed by atoms with Gasteiger partial charge in [0.15, 0.2) is 0 Å². The van der Waals surface area contributed by atoms with Crippen molar-refractivity contribution in [2.24, 2.45) is 0 Å². The number of aryl methyl sites for hydroxylation is 1. The van der Waals surface area contributed by atoms with Crippen molar-refractivity contribution in [1.82, 2.24) is 5.32 Å². The van der Waals surface area contributed by atoms with Crippen LogP contribution in [0.25, 0.3) is 0 Å². The number of benzene rings is 2. The lowest BCUT2D eigenvalue weighted by atomic mass is 10.1. The number of halogens is 1. The molecule has 112 valence electrons. The molecule has 1 atom stereocenters. The fourth-order valence-electron chi connectivity index (χ4n) is 2.13. The number of hydrogen-bond acceptors (Lipinski definition) is 2. The molecule has 0 amide bonds. The quantitative estimate of drug-likeness (QED) is 0.725. The molecule has 2 aromatic rings. The Balaban J connectivity index is 2.06. The van der Waals surface area contributed by atoms with Crippen LogP contribution < -0.4 is 5.32 Å². The monoisotopic (exact) mass is 303 g/mol. The Hall–Kier alpha value is -1.32. The van der Waals surface area contributed by atoms with Gasteiger partial charge in [-0.1, -0.05) is 48.9 Å². The number of nitrogens with one attached hydrogen (secondary N) is 1. The Labute approximate surface area is 131 Å². The Morgan fingerprint density at radius 1 is 1.10 bits per heavy atom. The fourth-order valence-corrected chi connectivity index (χ4v) is 3.16. The smallest absolute Gasteiger partial charge is 0.136 e. The van der Waals surface area contributed by atoms with Gasteiger partial charge in [0.1, 0.15) is 5.82 Å². The molecule has 1 nitrogen and oxygen atoms in total. The molecule has 0 bridgehead atoms. The Bertz CT molecular complexity index is 553. The highest BCUT2D eigenvalue weighted by Gasteiger charge is 2.12. The van der Waals surface area contributed by atoms with Gasteiger partial charge in [-0.25, -0.2) is 4.39 Å². The zero-order valence-electron chi connectivity index (χ0n) is 12.6. The Kier molecular flexibility index (Phi) is 6.27. The molecule has 1 N–H and O–H groups in total. The molecule has 3 heteroatoms. The molecule has 0 aliphatic rings. The molecule has 0 radical (unpaired) electrons. The summed E-state index contributed by atoms with van der Waals surface area (Å²) in [4.78, 5) is 0.716. The topological polar surface area (TPSA) is 12.0 Å². The molecule has 0 heterocycles. The number of hydrogen-bond donors (Lipinski definition) is 1. The van der Waals surface area contributed by atoms with E-state index in [0.717, 1.165) is 18.7 Å². The summed E-state index contributed by atoms with van der Waals surface area (Å²) >= 11 is 1.57. The van der Waals surface area contributed by atoms with Gasteiger partial charge >= 0.3 is 0 Å². The van der Waals surface area contributed by atoms with Crippen molar-refractivity contribution < 1.29 is 4.39 Å². The van der Waals surface area contributed by atoms with Crippen molar-refractivity contribution in [3.63, 3.8) is 0 Å². The molecule has 0 aliphatic heterocycles. The maximum atomic E-state index is 13.7. The molecule has 0 spiro atoms. The van der Waals surface area contributed by atoms with Crippen LogP contribution in [0, 0.1) is 12.7 Å². The van der Waals surface area contributed by atoms with Crippen molar-refractivity contribution in [2.75, 3.05) is 12.3 Å². The zero-order chi connectivity index (χ0) is 15.1. The molecule has 21 heavy (non-hydrogen) atoms. The predicted molar refractivity (Wildman–Crippen MR) is 89.3 cm³/mol. The molecule has 1 unspecified atom stereocenters. The van der Waals surface area contributed by atoms with Gasteiger partial charge in [-0.05, 0) is 37.6 Å². The summed E-state index contributed by atoms with van der Waals surface area (Å²) in [6.45, 7) is 5.21. The maximum absolute atomic E-state index is 13.7. The lowest BCUT2D eigenvalue weighted by Gasteiger charge is -2.19. The van der Waals surface area contributed by atoms with Crippen LogP contribution in [0.4, 0.5) is 4.39 Å². The van der Waals surface area contributed by atoms with Gasteiger partial charge < -0.3 is 5.32 Å². The van der Waals surface area contributed by atoms with Crippen molar-refractivity contribution in [1.29, 1.82) is 0 Å². The fraction of sp³-hybridized carbons (Fsp3) is 0.333. The first kappa shape index (κ1) is 16.1. The molecule has 0 fully saturated rings. The third kappa shape index (κ3) is 4.87. The second kappa shape index (κ2) is 8.20.